The van der Waals surface area contributed by atoms with Gasteiger partial charge in [-0.25, -0.2) is 20.3 Å². The highest BCUT2D eigenvalue weighted by molar-refractivity contribution is 5.95. The highest BCUT2D eigenvalue weighted by atomic mass is 16.5. The van der Waals surface area contributed by atoms with E-state index in [1.807, 2.05) is 54.9 Å². The van der Waals surface area contributed by atoms with Gasteiger partial charge in [0.25, 0.3) is 11.8 Å². The van der Waals surface area contributed by atoms with E-state index in [1.165, 1.54) is 0 Å². The van der Waals surface area contributed by atoms with E-state index in [0.717, 1.165) is 72.4 Å². The summed E-state index contributed by atoms with van der Waals surface area (Å²) in [7, 11) is 0. The van der Waals surface area contributed by atoms with Gasteiger partial charge in [0.15, 0.2) is 0 Å². The van der Waals surface area contributed by atoms with Gasteiger partial charge in [-0.3, -0.25) is 29.6 Å². The molecule has 0 spiro atoms. The number of anilines is 2. The van der Waals surface area contributed by atoms with Gasteiger partial charge in [-0.2, -0.15) is 0 Å². The van der Waals surface area contributed by atoms with Gasteiger partial charge >= 0.3 is 0 Å². The molecule has 0 fully saturated rings. The van der Waals surface area contributed by atoms with Crippen molar-refractivity contribution in [2.45, 2.75) is 90.4 Å². The number of unbranched alkanes of at least 4 members (excludes halogenated alkanes) is 6. The van der Waals surface area contributed by atoms with Gasteiger partial charge in [0.1, 0.15) is 11.4 Å². The van der Waals surface area contributed by atoms with E-state index in [0.29, 0.717) is 76.1 Å². The maximum absolute atomic E-state index is 12.5. The monoisotopic (exact) mass is 822 g/mol. The summed E-state index contributed by atoms with van der Waals surface area (Å²) in [6.45, 7) is 3.15. The Bertz CT molecular complexity index is 1960. The molecule has 0 saturated heterocycles. The summed E-state index contributed by atoms with van der Waals surface area (Å²) in [6.07, 6.45) is 10.9. The first kappa shape index (κ1) is 44.4. The van der Waals surface area contributed by atoms with Crippen LogP contribution in [0.5, 0.6) is 0 Å². The Hall–Kier alpha value is -6.66. The number of hydrogen-bond donors (Lipinski definition) is 8. The second kappa shape index (κ2) is 24.3. The lowest BCUT2D eigenvalue weighted by atomic mass is 10.1. The quantitative estimate of drug-likeness (QED) is 0.0218. The molecule has 0 atom stereocenters. The molecule has 18 nitrogen and oxygen atoms in total. The third kappa shape index (κ3) is 15.6. The topological polar surface area (TPSA) is 242 Å². The maximum Gasteiger partial charge on any atom is 0.251 e. The molecule has 5 aromatic rings. The van der Waals surface area contributed by atoms with E-state index in [1.54, 1.807) is 44.6 Å². The summed E-state index contributed by atoms with van der Waals surface area (Å²) < 4.78 is 3.59. The average Bonchev–Trinajstić information content (AvgIpc) is 3.93. The van der Waals surface area contributed by atoms with Crippen molar-refractivity contribution in [3.05, 3.63) is 119 Å². The molecule has 4 amide bonds. The minimum absolute atomic E-state index is 0.136. The van der Waals surface area contributed by atoms with Gasteiger partial charge in [0, 0.05) is 48.4 Å². The fourth-order valence-corrected chi connectivity index (χ4v) is 6.31. The Morgan fingerprint density at radius 1 is 0.533 bits per heavy atom. The molecule has 18 heteroatoms. The Labute approximate surface area is 348 Å². The number of benzene rings is 3. The third-order valence-electron chi connectivity index (χ3n) is 9.58. The lowest BCUT2D eigenvalue weighted by molar-refractivity contribution is -0.130. The molecule has 8 N–H and O–H groups in total. The maximum atomic E-state index is 12.5. The number of hydrogen-bond acceptors (Lipinski definition) is 12. The number of nitrogens with one attached hydrogen (secondary N) is 6. The zero-order chi connectivity index (χ0) is 42.4. The molecule has 60 heavy (non-hydrogen) atoms. The molecule has 0 radical (unpaired) electrons. The number of aromatic nitrogens is 6. The van der Waals surface area contributed by atoms with Gasteiger partial charge in [-0.1, -0.05) is 60.4 Å². The standard InChI is InChI=1S/C42H54N12O6/c55-39(49-59)12-5-1-3-7-22-43-41(57)33-14-18-35(19-15-33)45-25-37-29-53(51-47-37)27-31-10-9-11-32(24-31)28-54-30-38(48-52-54)26-46-36-20-16-34(17-21-36)42(58)44-23-8-4-2-6-13-40(56)50-60/h9-11,14-21,24,29-30,45-46,59-60H,1-8,12-13,22-23,25-28H2,(H,43,57)(H,44,58)(H,49,55)(H,50,56). The molecule has 2 aromatic heterocycles. The SMILES string of the molecule is O=C(CCCCCCNC(=O)c1ccc(NCc2cn(Cc3cccc(Cn4cc(CNc5ccc(C(=O)NCCCCCCC(=O)NO)cc5)nn4)c3)nn2)cc1)NO. The normalized spacial score (nSPS) is 10.8. The highest BCUT2D eigenvalue weighted by Gasteiger charge is 2.09. The van der Waals surface area contributed by atoms with Crippen LogP contribution in [0.2, 0.25) is 0 Å². The van der Waals surface area contributed by atoms with Crippen LogP contribution < -0.4 is 32.2 Å². The molecule has 3 aromatic carbocycles. The van der Waals surface area contributed by atoms with Crippen LogP contribution in [0.3, 0.4) is 0 Å². The molecule has 0 unspecified atom stereocenters. The summed E-state index contributed by atoms with van der Waals surface area (Å²) in [5.41, 5.74) is 9.80. The fraction of sp³-hybridized carbons (Fsp3) is 0.381. The number of carbonyl (C=O) groups excluding carboxylic acids is 4. The minimum Gasteiger partial charge on any atom is -0.379 e. The van der Waals surface area contributed by atoms with Crippen molar-refractivity contribution < 1.29 is 29.6 Å². The van der Waals surface area contributed by atoms with Gasteiger partial charge in [-0.15, -0.1) is 10.2 Å². The van der Waals surface area contributed by atoms with Gasteiger partial charge in [-0.05, 0) is 85.3 Å². The van der Waals surface area contributed by atoms with Gasteiger partial charge < -0.3 is 21.3 Å². The van der Waals surface area contributed by atoms with E-state index < -0.39 is 0 Å². The van der Waals surface area contributed by atoms with Crippen molar-refractivity contribution in [1.82, 2.24) is 51.6 Å². The van der Waals surface area contributed by atoms with E-state index in [4.69, 9.17) is 10.4 Å². The van der Waals surface area contributed by atoms with Crippen molar-refractivity contribution in [3.8, 4) is 0 Å². The smallest absolute Gasteiger partial charge is 0.251 e. The van der Waals surface area contributed by atoms with Crippen LogP contribution >= 0.6 is 0 Å². The van der Waals surface area contributed by atoms with E-state index >= 15 is 0 Å². The van der Waals surface area contributed by atoms with E-state index in [-0.39, 0.29) is 23.6 Å². The predicted octanol–water partition coefficient (Wildman–Crippen LogP) is 4.56. The molecule has 5 rings (SSSR count). The molecule has 318 valence electrons. The number of rotatable bonds is 26. The number of hydroxylamine groups is 2. The fourth-order valence-electron chi connectivity index (χ4n) is 6.31. The lowest BCUT2D eigenvalue weighted by Gasteiger charge is -2.08. The van der Waals surface area contributed by atoms with Crippen LogP contribution in [0.15, 0.2) is 85.2 Å². The molecule has 2 heterocycles. The van der Waals surface area contributed by atoms with Crippen LogP contribution in [0.25, 0.3) is 0 Å². The number of nitrogens with zero attached hydrogens (tertiary/aromatic N) is 6. The molecular weight excluding hydrogens is 769 g/mol. The highest BCUT2D eigenvalue weighted by Crippen LogP contribution is 2.14. The molecule has 0 aliphatic carbocycles. The molecule has 0 bridgehead atoms. The summed E-state index contributed by atoms with van der Waals surface area (Å²) >= 11 is 0. The summed E-state index contributed by atoms with van der Waals surface area (Å²) in [6, 6.07) is 22.7. The first-order valence-corrected chi connectivity index (χ1v) is 20.2. The van der Waals surface area contributed by atoms with Crippen LogP contribution in [0, 0.1) is 0 Å². The number of carbonyl (C=O) groups is 4. The van der Waals surface area contributed by atoms with Crippen LogP contribution in [0.1, 0.15) is 107 Å². The largest absolute Gasteiger partial charge is 0.379 e. The van der Waals surface area contributed by atoms with E-state index in [2.05, 4.69) is 48.0 Å². The zero-order valence-electron chi connectivity index (χ0n) is 33.6. The van der Waals surface area contributed by atoms with Crippen molar-refractivity contribution in [1.29, 1.82) is 0 Å². The second-order valence-electron chi connectivity index (χ2n) is 14.4. The summed E-state index contributed by atoms with van der Waals surface area (Å²) in [5.74, 6) is -1.04. The Morgan fingerprint density at radius 2 is 0.950 bits per heavy atom. The Balaban J connectivity index is 0.977. The Morgan fingerprint density at radius 3 is 1.37 bits per heavy atom. The van der Waals surface area contributed by atoms with Crippen LogP contribution in [-0.4, -0.2) is 77.1 Å². The van der Waals surface area contributed by atoms with E-state index in [9.17, 15) is 19.2 Å². The molecule has 0 saturated carbocycles. The molecule has 0 aliphatic heterocycles. The van der Waals surface area contributed by atoms with Crippen LogP contribution in [0.4, 0.5) is 11.4 Å². The Kier molecular flexibility index (Phi) is 18.0. The average molecular weight is 823 g/mol. The zero-order valence-corrected chi connectivity index (χ0v) is 33.6. The van der Waals surface area contributed by atoms with Gasteiger partial charge in [0.2, 0.25) is 11.8 Å². The van der Waals surface area contributed by atoms with Gasteiger partial charge in [0.05, 0.1) is 38.6 Å². The van der Waals surface area contributed by atoms with Crippen molar-refractivity contribution in [3.63, 3.8) is 0 Å². The first-order valence-electron chi connectivity index (χ1n) is 20.2. The minimum atomic E-state index is -0.382. The third-order valence-corrected chi connectivity index (χ3v) is 9.58. The molecule has 0 aliphatic rings. The predicted molar refractivity (Wildman–Crippen MR) is 223 cm³/mol. The van der Waals surface area contributed by atoms with Crippen molar-refractivity contribution in [2.75, 3.05) is 23.7 Å². The summed E-state index contributed by atoms with van der Waals surface area (Å²) in [4.78, 5) is 47.1. The number of amides is 4. The lowest BCUT2D eigenvalue weighted by Crippen LogP contribution is -2.24. The van der Waals surface area contributed by atoms with Crippen LogP contribution in [-0.2, 0) is 35.8 Å². The van der Waals surface area contributed by atoms with Crippen molar-refractivity contribution in [2.24, 2.45) is 0 Å². The van der Waals surface area contributed by atoms with Crippen molar-refractivity contribution >= 4 is 35.0 Å². The first-order chi connectivity index (χ1) is 29.3. The second-order valence-corrected chi connectivity index (χ2v) is 14.4. The summed E-state index contributed by atoms with van der Waals surface area (Å²) in [5, 5.41) is 46.8. The molecular formula is C42H54N12O6.